The minimum atomic E-state index is -0.470. The van der Waals surface area contributed by atoms with Crippen LogP contribution in [0.3, 0.4) is 0 Å². The Hall–Kier alpha value is -3.03. The van der Waals surface area contributed by atoms with Crippen molar-refractivity contribution in [1.29, 1.82) is 0 Å². The molecule has 0 radical (unpaired) electrons. The van der Waals surface area contributed by atoms with Crippen LogP contribution in [0.1, 0.15) is 17.4 Å². The summed E-state index contributed by atoms with van der Waals surface area (Å²) in [5, 5.41) is 0.0489. The second-order valence-electron chi connectivity index (χ2n) is 5.80. The van der Waals surface area contributed by atoms with E-state index in [4.69, 9.17) is 11.6 Å². The van der Waals surface area contributed by atoms with Gasteiger partial charge in [-0.25, -0.2) is 14.4 Å². The van der Waals surface area contributed by atoms with Crippen LogP contribution in [0.2, 0.25) is 5.02 Å². The zero-order chi connectivity index (χ0) is 20.3. The number of rotatable bonds is 4. The van der Waals surface area contributed by atoms with Gasteiger partial charge in [-0.15, -0.1) is 0 Å². The molecule has 0 spiro atoms. The zero-order valence-corrected chi connectivity index (χ0v) is 16.2. The number of hydrogen-bond donors (Lipinski definition) is 1. The van der Waals surface area contributed by atoms with E-state index in [-0.39, 0.29) is 5.02 Å². The normalized spacial score (nSPS) is 10.6. The molecule has 0 saturated heterocycles. The van der Waals surface area contributed by atoms with Gasteiger partial charge in [0.15, 0.2) is 6.29 Å². The quantitative estimate of drug-likeness (QED) is 0.525. The number of imidazole rings is 2. The van der Waals surface area contributed by atoms with Gasteiger partial charge in [-0.3, -0.25) is 9.20 Å². The summed E-state index contributed by atoms with van der Waals surface area (Å²) in [5.74, 6) is -0.470. The third kappa shape index (κ3) is 3.42. The van der Waals surface area contributed by atoms with Crippen LogP contribution >= 0.6 is 11.6 Å². The maximum atomic E-state index is 13.5. The molecule has 0 atom stereocenters. The largest absolute Gasteiger partial charge is 0.333 e. The van der Waals surface area contributed by atoms with Crippen molar-refractivity contribution in [1.82, 2.24) is 18.9 Å². The van der Waals surface area contributed by atoms with E-state index in [0.29, 0.717) is 23.6 Å². The number of carbonyl (C=O) groups is 1. The van der Waals surface area contributed by atoms with E-state index >= 15 is 0 Å². The summed E-state index contributed by atoms with van der Waals surface area (Å²) >= 11 is 5.94. The lowest BCUT2D eigenvalue weighted by atomic mass is 10.1. The van der Waals surface area contributed by atoms with E-state index in [1.165, 1.54) is 19.3 Å². The monoisotopic (exact) mass is 399 g/mol. The fourth-order valence-electron chi connectivity index (χ4n) is 3.01. The van der Waals surface area contributed by atoms with Crippen LogP contribution < -0.4 is 5.73 Å². The molecule has 0 bridgehead atoms. The molecule has 0 saturated carbocycles. The number of halogens is 2. The summed E-state index contributed by atoms with van der Waals surface area (Å²) in [5.41, 5.74) is 8.80. The Bertz CT molecular complexity index is 1140. The maximum absolute atomic E-state index is 13.5. The molecule has 0 fully saturated rings. The Labute approximate surface area is 166 Å². The Morgan fingerprint density at radius 1 is 1.18 bits per heavy atom. The first kappa shape index (κ1) is 19.7. The summed E-state index contributed by atoms with van der Waals surface area (Å²) in [4.78, 5) is 19.9. The van der Waals surface area contributed by atoms with Gasteiger partial charge < -0.3 is 10.3 Å². The maximum Gasteiger partial charge on any atom is 0.168 e. The number of aldehydes is 1. The summed E-state index contributed by atoms with van der Waals surface area (Å²) in [6.07, 6.45) is 5.88. The first-order valence-electron chi connectivity index (χ1n) is 8.63. The number of hydrogen-bond acceptors (Lipinski definition) is 4. The van der Waals surface area contributed by atoms with Crippen molar-refractivity contribution in [2.45, 2.75) is 13.5 Å². The van der Waals surface area contributed by atoms with Crippen LogP contribution in [0.15, 0.2) is 49.1 Å². The first-order valence-corrected chi connectivity index (χ1v) is 9.01. The van der Waals surface area contributed by atoms with Crippen molar-refractivity contribution in [3.8, 4) is 22.5 Å². The average Bonchev–Trinajstić information content (AvgIpc) is 3.34. The minimum Gasteiger partial charge on any atom is -0.333 e. The van der Waals surface area contributed by atoms with Crippen LogP contribution in [-0.2, 0) is 6.54 Å². The lowest BCUT2D eigenvalue weighted by molar-refractivity contribution is 0.111. The number of pyridine rings is 1. The van der Waals surface area contributed by atoms with Crippen LogP contribution in [-0.4, -0.2) is 32.3 Å². The highest BCUT2D eigenvalue weighted by Crippen LogP contribution is 2.33. The van der Waals surface area contributed by atoms with E-state index in [9.17, 15) is 9.18 Å². The van der Waals surface area contributed by atoms with Gasteiger partial charge in [0.25, 0.3) is 0 Å². The third-order valence-corrected chi connectivity index (χ3v) is 4.59. The van der Waals surface area contributed by atoms with E-state index in [1.807, 2.05) is 29.8 Å². The predicted octanol–water partition coefficient (Wildman–Crippen LogP) is 4.06. The molecule has 1 aromatic carbocycles. The fourth-order valence-corrected chi connectivity index (χ4v) is 3.19. The summed E-state index contributed by atoms with van der Waals surface area (Å²) in [7, 11) is 1.50. The third-order valence-electron chi connectivity index (χ3n) is 4.30. The lowest BCUT2D eigenvalue weighted by Crippen LogP contribution is -1.98. The molecular formula is C20H19ClFN5O. The highest BCUT2D eigenvalue weighted by atomic mass is 35.5. The Morgan fingerprint density at radius 3 is 2.61 bits per heavy atom. The molecule has 2 N–H and O–H groups in total. The van der Waals surface area contributed by atoms with Gasteiger partial charge in [0.1, 0.15) is 17.2 Å². The van der Waals surface area contributed by atoms with Gasteiger partial charge in [-0.2, -0.15) is 0 Å². The molecule has 4 aromatic rings. The summed E-state index contributed by atoms with van der Waals surface area (Å²) < 4.78 is 17.3. The Morgan fingerprint density at radius 2 is 1.93 bits per heavy atom. The highest BCUT2D eigenvalue weighted by Gasteiger charge is 2.16. The van der Waals surface area contributed by atoms with Gasteiger partial charge in [0.05, 0.1) is 28.9 Å². The second-order valence-corrected chi connectivity index (χ2v) is 6.21. The molecule has 0 amide bonds. The number of benzene rings is 1. The van der Waals surface area contributed by atoms with Crippen LogP contribution in [0.5, 0.6) is 0 Å². The molecule has 0 aliphatic carbocycles. The number of aryl methyl sites for hydroxylation is 1. The van der Waals surface area contributed by atoms with Gasteiger partial charge >= 0.3 is 0 Å². The van der Waals surface area contributed by atoms with E-state index in [1.54, 1.807) is 22.9 Å². The second kappa shape index (κ2) is 8.33. The standard InChI is InChI=1S/C19H14ClFN4O.CH5N/c1-2-24-11-23-18(12-3-5-16(21)15(20)7-12)19(24)13-4-6-17-22-8-14(10-26)25(17)9-13;1-2/h3-11H,2H2,1H3;2H2,1H3. The lowest BCUT2D eigenvalue weighted by Gasteiger charge is -2.10. The van der Waals surface area contributed by atoms with Crippen molar-refractivity contribution in [3.05, 3.63) is 65.6 Å². The molecule has 8 heteroatoms. The van der Waals surface area contributed by atoms with E-state index < -0.39 is 5.82 Å². The molecule has 0 unspecified atom stereocenters. The minimum absolute atomic E-state index is 0.0489. The van der Waals surface area contributed by atoms with Gasteiger partial charge in [-0.1, -0.05) is 11.6 Å². The van der Waals surface area contributed by atoms with Gasteiger partial charge in [0.2, 0.25) is 0 Å². The summed E-state index contributed by atoms with van der Waals surface area (Å²) in [6.45, 7) is 2.72. The fraction of sp³-hybridized carbons (Fsp3) is 0.150. The number of carbonyl (C=O) groups excluding carboxylic acids is 1. The van der Waals surface area contributed by atoms with Crippen molar-refractivity contribution >= 4 is 23.5 Å². The van der Waals surface area contributed by atoms with E-state index in [0.717, 1.165) is 23.1 Å². The highest BCUT2D eigenvalue weighted by molar-refractivity contribution is 6.31. The van der Waals surface area contributed by atoms with Crippen molar-refractivity contribution in [2.75, 3.05) is 7.05 Å². The van der Waals surface area contributed by atoms with E-state index in [2.05, 4.69) is 15.7 Å². The summed E-state index contributed by atoms with van der Waals surface area (Å²) in [6, 6.07) is 8.32. The molecule has 144 valence electrons. The Balaban J connectivity index is 0.00000109. The molecule has 0 aliphatic rings. The SMILES string of the molecule is CCn1cnc(-c2ccc(F)c(Cl)c2)c1-c1ccc2ncc(C=O)n2c1.CN. The first-order chi connectivity index (χ1) is 13.6. The van der Waals surface area contributed by atoms with Crippen LogP contribution in [0, 0.1) is 5.82 Å². The Kier molecular flexibility index (Phi) is 5.87. The van der Waals surface area contributed by atoms with Crippen molar-refractivity contribution < 1.29 is 9.18 Å². The smallest absolute Gasteiger partial charge is 0.168 e. The topological polar surface area (TPSA) is 78.2 Å². The van der Waals surface area contributed by atoms with Crippen molar-refractivity contribution in [2.24, 2.45) is 5.73 Å². The molecule has 0 aliphatic heterocycles. The molecule has 3 heterocycles. The molecule has 6 nitrogen and oxygen atoms in total. The molecule has 4 rings (SSSR count). The predicted molar refractivity (Wildman–Crippen MR) is 108 cm³/mol. The zero-order valence-electron chi connectivity index (χ0n) is 15.4. The number of nitrogens with zero attached hydrogens (tertiary/aromatic N) is 4. The van der Waals surface area contributed by atoms with Gasteiger partial charge in [-0.05, 0) is 44.3 Å². The number of fused-ring (bicyclic) bond motifs is 1. The van der Waals surface area contributed by atoms with Crippen molar-refractivity contribution in [3.63, 3.8) is 0 Å². The molecule has 3 aromatic heterocycles. The van der Waals surface area contributed by atoms with Gasteiger partial charge in [0, 0.05) is 23.9 Å². The number of nitrogens with two attached hydrogens (primary N) is 1. The molecule has 28 heavy (non-hydrogen) atoms. The van der Waals surface area contributed by atoms with Crippen LogP contribution in [0.25, 0.3) is 28.2 Å². The molecular weight excluding hydrogens is 381 g/mol. The average molecular weight is 400 g/mol. The van der Waals surface area contributed by atoms with Crippen LogP contribution in [0.4, 0.5) is 4.39 Å². The number of aromatic nitrogens is 4.